The Hall–Kier alpha value is -0.830. The smallest absolute Gasteiger partial charge is 0.0682 e. The highest BCUT2D eigenvalue weighted by molar-refractivity contribution is 5.33. The quantitative estimate of drug-likeness (QED) is 0.726. The van der Waals surface area contributed by atoms with Crippen LogP contribution in [0.3, 0.4) is 0 Å². The summed E-state index contributed by atoms with van der Waals surface area (Å²) in [5, 5.41) is 10.8. The lowest BCUT2D eigenvalue weighted by Crippen LogP contribution is -2.13. The highest BCUT2D eigenvalue weighted by Crippen LogP contribution is 2.33. The summed E-state index contributed by atoms with van der Waals surface area (Å²) in [7, 11) is 2.01. The summed E-state index contributed by atoms with van der Waals surface area (Å²) < 4.78 is 0. The van der Waals surface area contributed by atoms with Crippen LogP contribution in [0.15, 0.2) is 0 Å². The van der Waals surface area contributed by atoms with Crippen molar-refractivity contribution in [1.82, 2.24) is 15.5 Å². The molecule has 1 aromatic heterocycles. The third-order valence-electron chi connectivity index (χ3n) is 2.86. The minimum atomic E-state index is 0.495. The molecule has 0 amide bonds. The second-order valence-electron chi connectivity index (χ2n) is 4.04. The first-order valence-corrected chi connectivity index (χ1v) is 4.98. The lowest BCUT2D eigenvalue weighted by Gasteiger charge is -2.05. The summed E-state index contributed by atoms with van der Waals surface area (Å²) in [6.07, 6.45) is 2.38. The van der Waals surface area contributed by atoms with E-state index in [1.165, 1.54) is 29.8 Å². The van der Waals surface area contributed by atoms with E-state index in [9.17, 15) is 0 Å². The number of nitrogens with zero attached hydrogens (tertiary/aromatic N) is 1. The Morgan fingerprint density at radius 3 is 2.92 bits per heavy atom. The summed E-state index contributed by atoms with van der Waals surface area (Å²) in [6, 6.07) is 0.495. The van der Waals surface area contributed by atoms with Crippen LogP contribution in [0.4, 0.5) is 0 Å². The summed E-state index contributed by atoms with van der Waals surface area (Å²) in [5.41, 5.74) is 4.02. The summed E-state index contributed by atoms with van der Waals surface area (Å²) in [4.78, 5) is 0. The van der Waals surface area contributed by atoms with E-state index in [-0.39, 0.29) is 0 Å². The molecule has 0 saturated carbocycles. The highest BCUT2D eigenvalue weighted by atomic mass is 15.1. The van der Waals surface area contributed by atoms with Gasteiger partial charge in [-0.05, 0) is 31.4 Å². The van der Waals surface area contributed by atoms with Gasteiger partial charge in [0, 0.05) is 6.04 Å². The highest BCUT2D eigenvalue weighted by Gasteiger charge is 2.27. The largest absolute Gasteiger partial charge is 0.312 e. The van der Waals surface area contributed by atoms with Crippen molar-refractivity contribution in [2.24, 2.45) is 0 Å². The summed E-state index contributed by atoms with van der Waals surface area (Å²) in [6.45, 7) is 4.40. The molecule has 2 rings (SSSR count). The molecule has 0 radical (unpaired) electrons. The Bertz CT molecular complexity index is 301. The van der Waals surface area contributed by atoms with E-state index < -0.39 is 0 Å². The zero-order valence-corrected chi connectivity index (χ0v) is 8.52. The minimum Gasteiger partial charge on any atom is -0.312 e. The molecular formula is C10H17N3. The van der Waals surface area contributed by atoms with Crippen LogP contribution in [0.5, 0.6) is 0 Å². The van der Waals surface area contributed by atoms with Gasteiger partial charge in [0.05, 0.1) is 11.4 Å². The van der Waals surface area contributed by atoms with Crippen LogP contribution in [0.25, 0.3) is 0 Å². The zero-order chi connectivity index (χ0) is 9.42. The van der Waals surface area contributed by atoms with Gasteiger partial charge in [-0.3, -0.25) is 5.10 Å². The van der Waals surface area contributed by atoms with Crippen molar-refractivity contribution in [1.29, 1.82) is 0 Å². The molecule has 72 valence electrons. The fourth-order valence-electron chi connectivity index (χ4n) is 2.14. The molecule has 3 nitrogen and oxygen atoms in total. The fourth-order valence-corrected chi connectivity index (χ4v) is 2.14. The van der Waals surface area contributed by atoms with Crippen LogP contribution < -0.4 is 5.32 Å². The van der Waals surface area contributed by atoms with Crippen molar-refractivity contribution < 1.29 is 0 Å². The monoisotopic (exact) mass is 179 g/mol. The van der Waals surface area contributed by atoms with Gasteiger partial charge in [0.15, 0.2) is 0 Å². The third kappa shape index (κ3) is 1.27. The van der Waals surface area contributed by atoms with Gasteiger partial charge in [0.2, 0.25) is 0 Å². The molecule has 1 atom stereocenters. The Balaban J connectivity index is 2.36. The van der Waals surface area contributed by atoms with Crippen molar-refractivity contribution in [2.45, 2.75) is 38.6 Å². The molecule has 2 N–H and O–H groups in total. The first-order valence-electron chi connectivity index (χ1n) is 4.98. The van der Waals surface area contributed by atoms with E-state index in [1.807, 2.05) is 7.05 Å². The van der Waals surface area contributed by atoms with E-state index in [1.54, 1.807) is 0 Å². The molecular weight excluding hydrogens is 162 g/mol. The van der Waals surface area contributed by atoms with Crippen LogP contribution in [-0.2, 0) is 6.42 Å². The number of aromatic nitrogens is 2. The number of rotatable bonds is 2. The van der Waals surface area contributed by atoms with E-state index in [0.717, 1.165) is 0 Å². The van der Waals surface area contributed by atoms with Crippen LogP contribution in [-0.4, -0.2) is 17.2 Å². The number of nitrogens with one attached hydrogen (secondary N) is 2. The third-order valence-corrected chi connectivity index (χ3v) is 2.86. The molecule has 1 heterocycles. The van der Waals surface area contributed by atoms with Crippen LogP contribution in [0.2, 0.25) is 0 Å². The molecule has 0 saturated heterocycles. The number of aromatic amines is 1. The van der Waals surface area contributed by atoms with Crippen LogP contribution in [0, 0.1) is 0 Å². The molecule has 13 heavy (non-hydrogen) atoms. The van der Waals surface area contributed by atoms with Gasteiger partial charge in [-0.15, -0.1) is 0 Å². The number of hydrogen-bond donors (Lipinski definition) is 2. The predicted octanol–water partition coefficient (Wildman–Crippen LogP) is 1.74. The second-order valence-corrected chi connectivity index (χ2v) is 4.04. The Morgan fingerprint density at radius 1 is 1.54 bits per heavy atom. The Labute approximate surface area is 78.9 Å². The van der Waals surface area contributed by atoms with Gasteiger partial charge >= 0.3 is 0 Å². The molecule has 1 aliphatic rings. The van der Waals surface area contributed by atoms with Gasteiger partial charge in [0.25, 0.3) is 0 Å². The summed E-state index contributed by atoms with van der Waals surface area (Å²) in [5.74, 6) is 0.538. The molecule has 1 aliphatic carbocycles. The minimum absolute atomic E-state index is 0.495. The fraction of sp³-hybridized carbons (Fsp3) is 0.700. The van der Waals surface area contributed by atoms with E-state index in [0.29, 0.717) is 12.0 Å². The van der Waals surface area contributed by atoms with Crippen molar-refractivity contribution in [3.63, 3.8) is 0 Å². The first-order chi connectivity index (χ1) is 6.24. The van der Waals surface area contributed by atoms with E-state index in [4.69, 9.17) is 0 Å². The molecule has 1 unspecified atom stereocenters. The number of fused-ring (bicyclic) bond motifs is 1. The first kappa shape index (κ1) is 8.75. The van der Waals surface area contributed by atoms with E-state index >= 15 is 0 Å². The van der Waals surface area contributed by atoms with E-state index in [2.05, 4.69) is 29.4 Å². The van der Waals surface area contributed by atoms with Crippen LogP contribution in [0.1, 0.15) is 49.2 Å². The molecule has 0 aromatic carbocycles. The van der Waals surface area contributed by atoms with Crippen molar-refractivity contribution in [3.8, 4) is 0 Å². The topological polar surface area (TPSA) is 40.7 Å². The standard InChI is InChI=1S/C10H17N3/c1-6(2)9-7-4-5-8(11-3)10(7)13-12-9/h6,8,11H,4-5H2,1-3H3,(H,12,13). The lowest BCUT2D eigenvalue weighted by atomic mass is 10.1. The Kier molecular flexibility index (Phi) is 2.12. The van der Waals surface area contributed by atoms with Crippen molar-refractivity contribution >= 4 is 0 Å². The number of hydrogen-bond acceptors (Lipinski definition) is 2. The molecule has 0 fully saturated rings. The van der Waals surface area contributed by atoms with Gasteiger partial charge in [-0.2, -0.15) is 5.10 Å². The maximum absolute atomic E-state index is 4.37. The lowest BCUT2D eigenvalue weighted by molar-refractivity contribution is 0.570. The van der Waals surface area contributed by atoms with Crippen molar-refractivity contribution in [3.05, 3.63) is 17.0 Å². The molecule has 0 spiro atoms. The van der Waals surface area contributed by atoms with Gasteiger partial charge in [-0.1, -0.05) is 13.8 Å². The molecule has 3 heteroatoms. The normalized spacial score (nSPS) is 21.1. The maximum atomic E-state index is 4.37. The molecule has 0 bridgehead atoms. The summed E-state index contributed by atoms with van der Waals surface area (Å²) >= 11 is 0. The van der Waals surface area contributed by atoms with Gasteiger partial charge < -0.3 is 5.32 Å². The molecule has 0 aliphatic heterocycles. The van der Waals surface area contributed by atoms with Crippen molar-refractivity contribution in [2.75, 3.05) is 7.05 Å². The number of H-pyrrole nitrogens is 1. The van der Waals surface area contributed by atoms with Gasteiger partial charge in [-0.25, -0.2) is 0 Å². The average molecular weight is 179 g/mol. The van der Waals surface area contributed by atoms with Gasteiger partial charge in [0.1, 0.15) is 0 Å². The second kappa shape index (κ2) is 3.14. The zero-order valence-electron chi connectivity index (χ0n) is 8.52. The Morgan fingerprint density at radius 2 is 2.31 bits per heavy atom. The molecule has 1 aromatic rings. The average Bonchev–Trinajstić information content (AvgIpc) is 2.61. The predicted molar refractivity (Wildman–Crippen MR) is 52.8 cm³/mol. The maximum Gasteiger partial charge on any atom is 0.0682 e. The SMILES string of the molecule is CNC1CCc2c(C(C)C)n[nH]c21. The van der Waals surface area contributed by atoms with Crippen LogP contribution >= 0.6 is 0 Å².